The largest absolute Gasteiger partial charge is 0.494 e. The van der Waals surface area contributed by atoms with Gasteiger partial charge in [-0.15, -0.1) is 11.3 Å². The Labute approximate surface area is 162 Å². The summed E-state index contributed by atoms with van der Waals surface area (Å²) in [4.78, 5) is 25.0. The minimum Gasteiger partial charge on any atom is -0.494 e. The number of nitriles is 1. The summed E-state index contributed by atoms with van der Waals surface area (Å²) in [6.45, 7) is 3.84. The summed E-state index contributed by atoms with van der Waals surface area (Å²) in [7, 11) is 0. The number of carbonyl (C=O) groups is 2. The summed E-state index contributed by atoms with van der Waals surface area (Å²) in [5.41, 5.74) is 0.473. The third-order valence-electron chi connectivity index (χ3n) is 3.52. The van der Waals surface area contributed by atoms with Crippen LogP contribution in [0.25, 0.3) is 6.08 Å². The zero-order chi connectivity index (χ0) is 19.6. The zero-order valence-electron chi connectivity index (χ0n) is 15.1. The lowest BCUT2D eigenvalue weighted by molar-refractivity contribution is -0.144. The molecule has 2 rings (SSSR count). The van der Waals surface area contributed by atoms with Crippen molar-refractivity contribution in [2.24, 2.45) is 0 Å². The van der Waals surface area contributed by atoms with Gasteiger partial charge in [0.1, 0.15) is 17.4 Å². The van der Waals surface area contributed by atoms with Crippen molar-refractivity contribution in [1.82, 2.24) is 5.32 Å². The molecular formula is C20H20N2O4S. The van der Waals surface area contributed by atoms with Crippen molar-refractivity contribution in [1.29, 1.82) is 5.26 Å². The number of rotatable bonds is 8. The lowest BCUT2D eigenvalue weighted by Gasteiger charge is -2.12. The fraction of sp³-hybridized carbons (Fsp3) is 0.250. The molecule has 140 valence electrons. The minimum atomic E-state index is -0.842. The molecule has 0 aliphatic rings. The quantitative estimate of drug-likeness (QED) is 0.428. The third-order valence-corrected chi connectivity index (χ3v) is 4.58. The second-order valence-corrected chi connectivity index (χ2v) is 6.53. The first kappa shape index (κ1) is 20.2. The van der Waals surface area contributed by atoms with Crippen LogP contribution in [-0.4, -0.2) is 25.1 Å². The molecule has 0 bridgehead atoms. The number of benzene rings is 1. The summed E-state index contributed by atoms with van der Waals surface area (Å²) in [6.07, 6.45) is 1.41. The van der Waals surface area contributed by atoms with Gasteiger partial charge in [0, 0.05) is 4.88 Å². The maximum absolute atomic E-state index is 12.1. The summed E-state index contributed by atoms with van der Waals surface area (Å²) < 4.78 is 10.3. The van der Waals surface area contributed by atoms with E-state index in [0.717, 1.165) is 4.88 Å². The van der Waals surface area contributed by atoms with E-state index in [1.54, 1.807) is 30.3 Å². The van der Waals surface area contributed by atoms with Gasteiger partial charge in [0.25, 0.3) is 5.91 Å². The van der Waals surface area contributed by atoms with Crippen LogP contribution in [0.2, 0.25) is 0 Å². The smallest absolute Gasteiger partial charge is 0.349 e. The molecule has 0 spiro atoms. The van der Waals surface area contributed by atoms with Crippen molar-refractivity contribution in [2.45, 2.75) is 19.9 Å². The van der Waals surface area contributed by atoms with E-state index in [0.29, 0.717) is 17.9 Å². The molecule has 2 aromatic rings. The van der Waals surface area contributed by atoms with Crippen molar-refractivity contribution in [3.63, 3.8) is 0 Å². The Kier molecular flexibility index (Phi) is 7.59. The second-order valence-electron chi connectivity index (χ2n) is 5.55. The van der Waals surface area contributed by atoms with Crippen LogP contribution in [0.3, 0.4) is 0 Å². The number of carbonyl (C=O) groups excluding carboxylic acids is 2. The van der Waals surface area contributed by atoms with E-state index in [2.05, 4.69) is 5.32 Å². The van der Waals surface area contributed by atoms with E-state index in [1.165, 1.54) is 17.4 Å². The fourth-order valence-corrected chi connectivity index (χ4v) is 2.97. The van der Waals surface area contributed by atoms with E-state index in [4.69, 9.17) is 9.47 Å². The van der Waals surface area contributed by atoms with Crippen LogP contribution < -0.4 is 10.1 Å². The molecule has 0 saturated carbocycles. The first-order valence-corrected chi connectivity index (χ1v) is 9.26. The van der Waals surface area contributed by atoms with Gasteiger partial charge in [-0.1, -0.05) is 18.2 Å². The standard InChI is InChI=1S/C20H20N2O4S/c1-3-25-17-8-6-15(7-9-17)11-16(12-21)20(24)26-13-19(23)22-14(2)18-5-4-10-27-18/h4-11,14H,3,13H2,1-2H3,(H,22,23)/b16-11+/t14-/m1/s1. The Bertz CT molecular complexity index is 836. The Morgan fingerprint density at radius 3 is 2.63 bits per heavy atom. The van der Waals surface area contributed by atoms with Gasteiger partial charge in [0.05, 0.1) is 12.6 Å². The highest BCUT2D eigenvalue weighted by Gasteiger charge is 2.15. The molecule has 27 heavy (non-hydrogen) atoms. The molecule has 0 aliphatic carbocycles. The predicted octanol–water partition coefficient (Wildman–Crippen LogP) is 3.47. The van der Waals surface area contributed by atoms with Crippen molar-refractivity contribution in [3.05, 3.63) is 57.8 Å². The highest BCUT2D eigenvalue weighted by Crippen LogP contribution is 2.18. The number of amides is 1. The van der Waals surface area contributed by atoms with E-state index < -0.39 is 18.5 Å². The SMILES string of the molecule is CCOc1ccc(/C=C(\C#N)C(=O)OCC(=O)N[C@H](C)c2cccs2)cc1. The van der Waals surface area contributed by atoms with Gasteiger partial charge in [-0.2, -0.15) is 5.26 Å². The maximum atomic E-state index is 12.1. The predicted molar refractivity (Wildman–Crippen MR) is 103 cm³/mol. The molecule has 1 N–H and O–H groups in total. The van der Waals surface area contributed by atoms with E-state index in [-0.39, 0.29) is 11.6 Å². The van der Waals surface area contributed by atoms with Gasteiger partial charge in [0.2, 0.25) is 0 Å². The van der Waals surface area contributed by atoms with Crippen LogP contribution in [0.1, 0.15) is 30.3 Å². The number of esters is 1. The average Bonchev–Trinajstić information content (AvgIpc) is 3.20. The molecule has 1 amide bonds. The van der Waals surface area contributed by atoms with Crippen molar-refractivity contribution >= 4 is 29.3 Å². The normalized spacial score (nSPS) is 12.0. The summed E-state index contributed by atoms with van der Waals surface area (Å²) >= 11 is 1.53. The minimum absolute atomic E-state index is 0.175. The van der Waals surface area contributed by atoms with Crippen LogP contribution in [0, 0.1) is 11.3 Å². The molecular weight excluding hydrogens is 364 g/mol. The molecule has 1 heterocycles. The van der Waals surface area contributed by atoms with Crippen LogP contribution in [0.15, 0.2) is 47.4 Å². The number of hydrogen-bond acceptors (Lipinski definition) is 6. The van der Waals surface area contributed by atoms with Gasteiger partial charge in [0.15, 0.2) is 6.61 Å². The van der Waals surface area contributed by atoms with E-state index in [9.17, 15) is 14.9 Å². The van der Waals surface area contributed by atoms with Gasteiger partial charge < -0.3 is 14.8 Å². The molecule has 1 atom stereocenters. The van der Waals surface area contributed by atoms with Gasteiger partial charge in [-0.3, -0.25) is 4.79 Å². The molecule has 1 aromatic heterocycles. The molecule has 0 unspecified atom stereocenters. The molecule has 0 saturated heterocycles. The topological polar surface area (TPSA) is 88.4 Å². The van der Waals surface area contributed by atoms with Crippen molar-refractivity contribution in [2.75, 3.05) is 13.2 Å². The zero-order valence-corrected chi connectivity index (χ0v) is 15.9. The Balaban J connectivity index is 1.90. The monoisotopic (exact) mass is 384 g/mol. The second kappa shape index (κ2) is 10.1. The molecule has 6 nitrogen and oxygen atoms in total. The van der Waals surface area contributed by atoms with Crippen LogP contribution >= 0.6 is 11.3 Å². The van der Waals surface area contributed by atoms with E-state index >= 15 is 0 Å². The lowest BCUT2D eigenvalue weighted by atomic mass is 10.1. The fourth-order valence-electron chi connectivity index (χ4n) is 2.23. The Hall–Kier alpha value is -3.11. The molecule has 1 aromatic carbocycles. The molecule has 0 radical (unpaired) electrons. The van der Waals surface area contributed by atoms with Crippen LogP contribution in [-0.2, 0) is 14.3 Å². The van der Waals surface area contributed by atoms with Crippen LogP contribution in [0.5, 0.6) is 5.75 Å². The maximum Gasteiger partial charge on any atom is 0.349 e. The Morgan fingerprint density at radius 1 is 1.30 bits per heavy atom. The van der Waals surface area contributed by atoms with Crippen molar-refractivity contribution in [3.8, 4) is 11.8 Å². The lowest BCUT2D eigenvalue weighted by Crippen LogP contribution is -2.30. The average molecular weight is 384 g/mol. The molecule has 0 fully saturated rings. The summed E-state index contributed by atoms with van der Waals surface area (Å²) in [5, 5.41) is 13.8. The van der Waals surface area contributed by atoms with Crippen LogP contribution in [0.4, 0.5) is 0 Å². The van der Waals surface area contributed by atoms with E-state index in [1.807, 2.05) is 31.4 Å². The van der Waals surface area contributed by atoms with Gasteiger partial charge >= 0.3 is 5.97 Å². The number of hydrogen-bond donors (Lipinski definition) is 1. The number of thiophene rings is 1. The van der Waals surface area contributed by atoms with Gasteiger partial charge in [-0.05, 0) is 49.1 Å². The van der Waals surface area contributed by atoms with Crippen molar-refractivity contribution < 1.29 is 19.1 Å². The third kappa shape index (κ3) is 6.28. The first-order valence-electron chi connectivity index (χ1n) is 8.38. The number of nitrogens with zero attached hydrogens (tertiary/aromatic N) is 1. The Morgan fingerprint density at radius 2 is 2.04 bits per heavy atom. The summed E-state index contributed by atoms with van der Waals surface area (Å²) in [5.74, 6) is -0.569. The molecule has 0 aliphatic heterocycles. The van der Waals surface area contributed by atoms with Gasteiger partial charge in [-0.25, -0.2) is 4.79 Å². The molecule has 7 heteroatoms. The highest BCUT2D eigenvalue weighted by molar-refractivity contribution is 7.10. The highest BCUT2D eigenvalue weighted by atomic mass is 32.1. The number of nitrogens with one attached hydrogen (secondary N) is 1. The summed E-state index contributed by atoms with van der Waals surface area (Å²) in [6, 6.07) is 12.4. The number of ether oxygens (including phenoxy) is 2. The first-order chi connectivity index (χ1) is 13.0.